The van der Waals surface area contributed by atoms with Gasteiger partial charge < -0.3 is 14.6 Å². The smallest absolute Gasteiger partial charge is 0.337 e. The molecule has 1 N–H and O–H groups in total. The number of methoxy groups -OCH3 is 1. The molecule has 0 saturated carbocycles. The van der Waals surface area contributed by atoms with Gasteiger partial charge in [-0.2, -0.15) is 0 Å². The van der Waals surface area contributed by atoms with Crippen molar-refractivity contribution in [2.75, 3.05) is 33.4 Å². The van der Waals surface area contributed by atoms with Crippen molar-refractivity contribution in [1.29, 1.82) is 0 Å². The Balaban J connectivity index is 0.00000180. The van der Waals surface area contributed by atoms with Gasteiger partial charge in [-0.25, -0.2) is 4.79 Å². The number of hydrogen-bond acceptors (Lipinski definition) is 5. The van der Waals surface area contributed by atoms with Gasteiger partial charge in [0.2, 0.25) is 0 Å². The molecule has 5 nitrogen and oxygen atoms in total. The Hall–Kier alpha value is -1.30. The zero-order chi connectivity index (χ0) is 13.0. The van der Waals surface area contributed by atoms with Crippen molar-refractivity contribution in [3.8, 4) is 5.75 Å². The lowest BCUT2D eigenvalue weighted by Crippen LogP contribution is -2.35. The number of carbonyl (C=O) groups excluding carboxylic acids is 1. The molecule has 0 radical (unpaired) electrons. The van der Waals surface area contributed by atoms with E-state index >= 15 is 0 Å². The first kappa shape index (κ1) is 15.8. The van der Waals surface area contributed by atoms with Crippen molar-refractivity contribution < 1.29 is 19.4 Å². The highest BCUT2D eigenvalue weighted by Gasteiger charge is 2.14. The van der Waals surface area contributed by atoms with Gasteiger partial charge in [-0.3, -0.25) is 4.90 Å². The van der Waals surface area contributed by atoms with Crippen LogP contribution in [0, 0.1) is 0 Å². The maximum Gasteiger partial charge on any atom is 0.337 e. The van der Waals surface area contributed by atoms with Crippen LogP contribution in [0.25, 0.3) is 0 Å². The minimum Gasteiger partial charge on any atom is -0.508 e. The summed E-state index contributed by atoms with van der Waals surface area (Å²) in [5.74, 6) is -0.188. The Morgan fingerprint density at radius 2 is 2.11 bits per heavy atom. The highest BCUT2D eigenvalue weighted by atomic mass is 35.5. The number of halogens is 1. The van der Waals surface area contributed by atoms with Crippen LogP contribution in [0.5, 0.6) is 5.75 Å². The summed E-state index contributed by atoms with van der Waals surface area (Å²) in [7, 11) is 1.34. The first-order valence-corrected chi connectivity index (χ1v) is 5.91. The van der Waals surface area contributed by atoms with Crippen molar-refractivity contribution in [3.63, 3.8) is 0 Å². The SMILES string of the molecule is COC(=O)c1ccc(O)c(CN2CCOCC2)c1.Cl. The first-order valence-electron chi connectivity index (χ1n) is 5.91. The quantitative estimate of drug-likeness (QED) is 0.853. The third-order valence-electron chi connectivity index (χ3n) is 3.00. The first-order chi connectivity index (χ1) is 8.70. The molecule has 1 fully saturated rings. The predicted molar refractivity (Wildman–Crippen MR) is 72.8 cm³/mol. The monoisotopic (exact) mass is 287 g/mol. The van der Waals surface area contributed by atoms with Crippen LogP contribution in [0.3, 0.4) is 0 Å². The number of rotatable bonds is 3. The molecule has 0 bridgehead atoms. The molecule has 1 aromatic rings. The Kier molecular flexibility index (Phi) is 6.08. The Morgan fingerprint density at radius 1 is 1.42 bits per heavy atom. The highest BCUT2D eigenvalue weighted by molar-refractivity contribution is 5.89. The molecule has 0 aromatic heterocycles. The summed E-state index contributed by atoms with van der Waals surface area (Å²) < 4.78 is 9.94. The number of aromatic hydroxyl groups is 1. The largest absolute Gasteiger partial charge is 0.508 e. The molecule has 1 aliphatic heterocycles. The molecule has 0 unspecified atom stereocenters. The number of hydrogen-bond donors (Lipinski definition) is 1. The van der Waals surface area contributed by atoms with Crippen LogP contribution in [0.1, 0.15) is 15.9 Å². The minimum atomic E-state index is -0.391. The van der Waals surface area contributed by atoms with E-state index in [9.17, 15) is 9.90 Å². The molecule has 6 heteroatoms. The summed E-state index contributed by atoms with van der Waals surface area (Å²) in [4.78, 5) is 13.6. The number of morpholine rings is 1. The summed E-state index contributed by atoms with van der Waals surface area (Å²) in [6.45, 7) is 3.69. The number of carbonyl (C=O) groups is 1. The Bertz CT molecular complexity index is 433. The predicted octanol–water partition coefficient (Wildman–Crippen LogP) is 1.43. The van der Waals surface area contributed by atoms with Crippen LogP contribution < -0.4 is 0 Å². The summed E-state index contributed by atoms with van der Waals surface area (Å²) in [5.41, 5.74) is 1.19. The fourth-order valence-electron chi connectivity index (χ4n) is 1.96. The maximum absolute atomic E-state index is 11.4. The lowest BCUT2D eigenvalue weighted by atomic mass is 10.1. The molecule has 0 amide bonds. The third-order valence-corrected chi connectivity index (χ3v) is 3.00. The standard InChI is InChI=1S/C13H17NO4.ClH/c1-17-13(16)10-2-3-12(15)11(8-10)9-14-4-6-18-7-5-14;/h2-3,8,15H,4-7,9H2,1H3;1H. The zero-order valence-electron chi connectivity index (χ0n) is 10.8. The van der Waals surface area contributed by atoms with E-state index in [-0.39, 0.29) is 18.2 Å². The van der Waals surface area contributed by atoms with E-state index in [0.717, 1.165) is 18.7 Å². The van der Waals surface area contributed by atoms with E-state index in [1.165, 1.54) is 13.2 Å². The van der Waals surface area contributed by atoms with Crippen LogP contribution in [-0.2, 0) is 16.0 Å². The number of ether oxygens (including phenoxy) is 2. The van der Waals surface area contributed by atoms with E-state index in [0.29, 0.717) is 25.3 Å². The molecule has 0 spiro atoms. The molecule has 106 valence electrons. The van der Waals surface area contributed by atoms with Crippen LogP contribution in [-0.4, -0.2) is 49.4 Å². The summed E-state index contributed by atoms with van der Waals surface area (Å²) in [6.07, 6.45) is 0. The highest BCUT2D eigenvalue weighted by Crippen LogP contribution is 2.21. The van der Waals surface area contributed by atoms with E-state index < -0.39 is 5.97 Å². The van der Waals surface area contributed by atoms with Gasteiger partial charge in [0.25, 0.3) is 0 Å². The molecule has 1 aromatic carbocycles. The van der Waals surface area contributed by atoms with Crippen molar-refractivity contribution >= 4 is 18.4 Å². The molecule has 19 heavy (non-hydrogen) atoms. The third kappa shape index (κ3) is 4.09. The molecule has 0 aliphatic carbocycles. The maximum atomic E-state index is 11.4. The summed E-state index contributed by atoms with van der Waals surface area (Å²) in [5, 5.41) is 9.81. The average Bonchev–Trinajstić information content (AvgIpc) is 2.41. The molecule has 1 heterocycles. The Labute approximate surface area is 118 Å². The normalized spacial score (nSPS) is 15.6. The number of benzene rings is 1. The lowest BCUT2D eigenvalue weighted by Gasteiger charge is -2.26. The average molecular weight is 288 g/mol. The zero-order valence-corrected chi connectivity index (χ0v) is 11.6. The number of phenols is 1. The second kappa shape index (κ2) is 7.33. The fraction of sp³-hybridized carbons (Fsp3) is 0.462. The summed E-state index contributed by atoms with van der Waals surface area (Å²) in [6, 6.07) is 4.77. The van der Waals surface area contributed by atoms with E-state index in [1.54, 1.807) is 12.1 Å². The van der Waals surface area contributed by atoms with Crippen LogP contribution in [0.2, 0.25) is 0 Å². The van der Waals surface area contributed by atoms with Crippen LogP contribution in [0.4, 0.5) is 0 Å². The van der Waals surface area contributed by atoms with Crippen molar-refractivity contribution in [1.82, 2.24) is 4.90 Å². The van der Waals surface area contributed by atoms with Gasteiger partial charge in [0.15, 0.2) is 0 Å². The lowest BCUT2D eigenvalue weighted by molar-refractivity contribution is 0.0338. The fourth-order valence-corrected chi connectivity index (χ4v) is 1.96. The van der Waals surface area contributed by atoms with Crippen molar-refractivity contribution in [2.24, 2.45) is 0 Å². The number of nitrogens with zero attached hydrogens (tertiary/aromatic N) is 1. The van der Waals surface area contributed by atoms with Gasteiger partial charge in [0.1, 0.15) is 5.75 Å². The van der Waals surface area contributed by atoms with Gasteiger partial charge in [-0.1, -0.05) is 0 Å². The van der Waals surface area contributed by atoms with E-state index in [2.05, 4.69) is 9.64 Å². The van der Waals surface area contributed by atoms with Gasteiger partial charge in [-0.05, 0) is 18.2 Å². The molecule has 1 saturated heterocycles. The number of phenolic OH excluding ortho intramolecular Hbond substituents is 1. The number of esters is 1. The van der Waals surface area contributed by atoms with E-state index in [1.807, 2.05) is 0 Å². The van der Waals surface area contributed by atoms with E-state index in [4.69, 9.17) is 4.74 Å². The molecule has 2 rings (SSSR count). The van der Waals surface area contributed by atoms with Crippen LogP contribution in [0.15, 0.2) is 18.2 Å². The molecule has 0 atom stereocenters. The minimum absolute atomic E-state index is 0. The molecular formula is C13H18ClNO4. The van der Waals surface area contributed by atoms with Gasteiger partial charge in [0, 0.05) is 25.2 Å². The second-order valence-electron chi connectivity index (χ2n) is 4.22. The molecule has 1 aliphatic rings. The van der Waals surface area contributed by atoms with Crippen molar-refractivity contribution in [3.05, 3.63) is 29.3 Å². The van der Waals surface area contributed by atoms with Gasteiger partial charge in [0.05, 0.1) is 25.9 Å². The molecular weight excluding hydrogens is 270 g/mol. The van der Waals surface area contributed by atoms with Crippen LogP contribution >= 0.6 is 12.4 Å². The topological polar surface area (TPSA) is 59.0 Å². The van der Waals surface area contributed by atoms with Crippen molar-refractivity contribution in [2.45, 2.75) is 6.54 Å². The van der Waals surface area contributed by atoms with Gasteiger partial charge in [-0.15, -0.1) is 12.4 Å². The second-order valence-corrected chi connectivity index (χ2v) is 4.22. The summed E-state index contributed by atoms with van der Waals surface area (Å²) >= 11 is 0. The van der Waals surface area contributed by atoms with Gasteiger partial charge >= 0.3 is 5.97 Å². The Morgan fingerprint density at radius 3 is 2.74 bits per heavy atom.